The molecule has 0 spiro atoms. The van der Waals surface area contributed by atoms with Gasteiger partial charge in [-0.3, -0.25) is 0 Å². The monoisotopic (exact) mass is 189 g/mol. The second-order valence-electron chi connectivity index (χ2n) is 4.84. The van der Waals surface area contributed by atoms with Crippen LogP contribution in [0.2, 0.25) is 0 Å². The summed E-state index contributed by atoms with van der Waals surface area (Å²) in [5.74, 6) is -2.39. The maximum atomic E-state index is 12.8. The average molecular weight is 189 g/mol. The van der Waals surface area contributed by atoms with E-state index in [-0.39, 0.29) is 18.4 Å². The topological polar surface area (TPSA) is 12.0 Å². The van der Waals surface area contributed by atoms with Gasteiger partial charge in [-0.15, -0.1) is 0 Å². The van der Waals surface area contributed by atoms with E-state index in [1.165, 1.54) is 12.8 Å². The predicted molar refractivity (Wildman–Crippen MR) is 48.0 cm³/mol. The minimum absolute atomic E-state index is 0.0702. The first-order chi connectivity index (χ1) is 5.99. The molecule has 0 saturated heterocycles. The van der Waals surface area contributed by atoms with Crippen LogP contribution in [-0.2, 0) is 0 Å². The molecular weight excluding hydrogens is 172 g/mol. The van der Waals surface area contributed by atoms with Crippen molar-refractivity contribution in [2.45, 2.75) is 63.0 Å². The van der Waals surface area contributed by atoms with Crippen LogP contribution in [0.15, 0.2) is 0 Å². The molecule has 2 saturated carbocycles. The molecule has 0 bridgehead atoms. The molecule has 0 amide bonds. The van der Waals surface area contributed by atoms with Crippen LogP contribution in [0.4, 0.5) is 8.78 Å². The van der Waals surface area contributed by atoms with Crippen LogP contribution < -0.4 is 5.32 Å². The second kappa shape index (κ2) is 2.91. The normalized spacial score (nSPS) is 31.6. The van der Waals surface area contributed by atoms with Crippen LogP contribution in [-0.4, -0.2) is 17.5 Å². The van der Waals surface area contributed by atoms with Crippen molar-refractivity contribution in [2.75, 3.05) is 0 Å². The zero-order valence-electron chi connectivity index (χ0n) is 8.08. The zero-order chi connectivity index (χ0) is 9.53. The molecule has 2 aliphatic carbocycles. The van der Waals surface area contributed by atoms with Gasteiger partial charge in [-0.1, -0.05) is 0 Å². The number of hydrogen-bond donors (Lipinski definition) is 1. The van der Waals surface area contributed by atoms with Crippen molar-refractivity contribution in [2.24, 2.45) is 0 Å². The first-order valence-electron chi connectivity index (χ1n) is 5.15. The van der Waals surface area contributed by atoms with Crippen LogP contribution in [0.25, 0.3) is 0 Å². The third-order valence-corrected chi connectivity index (χ3v) is 3.27. The molecule has 1 nitrogen and oxygen atoms in total. The lowest BCUT2D eigenvalue weighted by Gasteiger charge is -2.31. The fourth-order valence-corrected chi connectivity index (χ4v) is 2.01. The maximum absolute atomic E-state index is 12.8. The Hall–Kier alpha value is -0.180. The van der Waals surface area contributed by atoms with E-state index in [0.717, 1.165) is 0 Å². The molecule has 2 rings (SSSR count). The summed E-state index contributed by atoms with van der Waals surface area (Å²) in [6.07, 6.45) is 3.84. The molecule has 0 heterocycles. The number of rotatable bonds is 2. The van der Waals surface area contributed by atoms with E-state index in [1.54, 1.807) is 0 Å². The zero-order valence-corrected chi connectivity index (χ0v) is 8.08. The molecule has 0 aromatic heterocycles. The summed E-state index contributed by atoms with van der Waals surface area (Å²) in [6, 6.07) is 0.340. The second-order valence-corrected chi connectivity index (χ2v) is 4.84. The lowest BCUT2D eigenvalue weighted by atomic mass is 9.91. The van der Waals surface area contributed by atoms with Gasteiger partial charge in [0.25, 0.3) is 0 Å². The van der Waals surface area contributed by atoms with Crippen LogP contribution in [0.5, 0.6) is 0 Å². The Labute approximate surface area is 77.9 Å². The molecule has 0 atom stereocenters. The highest BCUT2D eigenvalue weighted by Crippen LogP contribution is 2.38. The Bertz CT molecular complexity index is 189. The summed E-state index contributed by atoms with van der Waals surface area (Å²) in [4.78, 5) is 0. The summed E-state index contributed by atoms with van der Waals surface area (Å²) in [5, 5.41) is 3.47. The molecule has 2 aliphatic rings. The Morgan fingerprint density at radius 2 is 1.62 bits per heavy atom. The van der Waals surface area contributed by atoms with Crippen LogP contribution in [0.3, 0.4) is 0 Å². The summed E-state index contributed by atoms with van der Waals surface area (Å²) < 4.78 is 25.6. The Morgan fingerprint density at radius 1 is 1.08 bits per heavy atom. The van der Waals surface area contributed by atoms with Gasteiger partial charge >= 0.3 is 0 Å². The smallest absolute Gasteiger partial charge is 0.248 e. The number of nitrogens with one attached hydrogen (secondary N) is 1. The van der Waals surface area contributed by atoms with Crippen molar-refractivity contribution in [3.05, 3.63) is 0 Å². The molecule has 1 N–H and O–H groups in total. The molecule has 2 fully saturated rings. The van der Waals surface area contributed by atoms with Gasteiger partial charge in [-0.2, -0.15) is 0 Å². The van der Waals surface area contributed by atoms with Gasteiger partial charge in [0.05, 0.1) is 0 Å². The number of hydrogen-bond acceptors (Lipinski definition) is 1. The first-order valence-corrected chi connectivity index (χ1v) is 5.15. The third kappa shape index (κ3) is 2.39. The van der Waals surface area contributed by atoms with E-state index < -0.39 is 5.92 Å². The molecule has 0 aromatic rings. The van der Waals surface area contributed by atoms with Crippen LogP contribution in [0, 0.1) is 0 Å². The summed E-state index contributed by atoms with van der Waals surface area (Å²) in [7, 11) is 0. The third-order valence-electron chi connectivity index (χ3n) is 3.27. The van der Waals surface area contributed by atoms with Crippen molar-refractivity contribution in [3.8, 4) is 0 Å². The minimum atomic E-state index is -2.39. The lowest BCUT2D eigenvalue weighted by molar-refractivity contribution is -0.0414. The highest BCUT2D eigenvalue weighted by atomic mass is 19.3. The maximum Gasteiger partial charge on any atom is 0.248 e. The minimum Gasteiger partial charge on any atom is -0.309 e. The Kier molecular flexibility index (Phi) is 2.10. The van der Waals surface area contributed by atoms with Gasteiger partial charge in [0.2, 0.25) is 5.92 Å². The van der Waals surface area contributed by atoms with Gasteiger partial charge in [0.1, 0.15) is 0 Å². The standard InChI is InChI=1S/C10H17F2N/c1-9(6-7-9)13-8-2-4-10(11,12)5-3-8/h8,13H,2-7H2,1H3. The largest absolute Gasteiger partial charge is 0.309 e. The average Bonchev–Trinajstić information content (AvgIpc) is 2.74. The quantitative estimate of drug-likeness (QED) is 0.704. The molecule has 13 heavy (non-hydrogen) atoms. The molecule has 0 radical (unpaired) electrons. The van der Waals surface area contributed by atoms with Crippen molar-refractivity contribution in [1.82, 2.24) is 5.32 Å². The van der Waals surface area contributed by atoms with E-state index in [0.29, 0.717) is 18.9 Å². The van der Waals surface area contributed by atoms with E-state index in [2.05, 4.69) is 12.2 Å². The first kappa shape index (κ1) is 9.38. The molecular formula is C10H17F2N. The van der Waals surface area contributed by atoms with E-state index in [4.69, 9.17) is 0 Å². The van der Waals surface area contributed by atoms with Crippen molar-refractivity contribution >= 4 is 0 Å². The van der Waals surface area contributed by atoms with Gasteiger partial charge in [-0.05, 0) is 32.6 Å². The fourth-order valence-electron chi connectivity index (χ4n) is 2.01. The Morgan fingerprint density at radius 3 is 2.08 bits per heavy atom. The Balaban J connectivity index is 1.78. The summed E-state index contributed by atoms with van der Waals surface area (Å²) in [6.45, 7) is 2.18. The van der Waals surface area contributed by atoms with Crippen LogP contribution >= 0.6 is 0 Å². The molecule has 0 aliphatic heterocycles. The SMILES string of the molecule is CC1(NC2CCC(F)(F)CC2)CC1. The molecule has 3 heteroatoms. The highest BCUT2D eigenvalue weighted by molar-refractivity contribution is 5.00. The van der Waals surface area contributed by atoms with E-state index in [9.17, 15) is 8.78 Å². The molecule has 76 valence electrons. The van der Waals surface area contributed by atoms with Gasteiger partial charge in [0.15, 0.2) is 0 Å². The van der Waals surface area contributed by atoms with Gasteiger partial charge < -0.3 is 5.32 Å². The van der Waals surface area contributed by atoms with Crippen molar-refractivity contribution < 1.29 is 8.78 Å². The summed E-state index contributed by atoms with van der Waals surface area (Å²) in [5.41, 5.74) is 0.289. The van der Waals surface area contributed by atoms with Crippen molar-refractivity contribution in [3.63, 3.8) is 0 Å². The molecule has 0 aromatic carbocycles. The molecule has 0 unspecified atom stereocenters. The van der Waals surface area contributed by atoms with E-state index >= 15 is 0 Å². The highest BCUT2D eigenvalue weighted by Gasteiger charge is 2.41. The fraction of sp³-hybridized carbons (Fsp3) is 1.00. The van der Waals surface area contributed by atoms with Gasteiger partial charge in [-0.25, -0.2) is 8.78 Å². The van der Waals surface area contributed by atoms with Gasteiger partial charge in [0, 0.05) is 24.4 Å². The van der Waals surface area contributed by atoms with Crippen molar-refractivity contribution in [1.29, 1.82) is 0 Å². The van der Waals surface area contributed by atoms with E-state index in [1.807, 2.05) is 0 Å². The number of alkyl halides is 2. The predicted octanol–water partition coefficient (Wildman–Crippen LogP) is 2.71. The summed E-state index contributed by atoms with van der Waals surface area (Å²) >= 11 is 0. The lowest BCUT2D eigenvalue weighted by Crippen LogP contribution is -2.42. The van der Waals surface area contributed by atoms with Crippen LogP contribution in [0.1, 0.15) is 45.4 Å². The number of halogens is 2.